The number of rotatable bonds is 9. The highest BCUT2D eigenvalue weighted by molar-refractivity contribution is 7.89. The fourth-order valence-electron chi connectivity index (χ4n) is 3.49. The largest absolute Gasteiger partial charge is 0.496 e. The molecule has 0 aliphatic rings. The van der Waals surface area contributed by atoms with Gasteiger partial charge in [-0.05, 0) is 55.7 Å². The minimum Gasteiger partial charge on any atom is -0.496 e. The Bertz CT molecular complexity index is 1310. The summed E-state index contributed by atoms with van der Waals surface area (Å²) in [6.45, 7) is 3.24. The summed E-state index contributed by atoms with van der Waals surface area (Å²) in [6.07, 6.45) is 0.0784. The van der Waals surface area contributed by atoms with Crippen molar-refractivity contribution in [2.24, 2.45) is 0 Å². The molecule has 2 N–H and O–H groups in total. The summed E-state index contributed by atoms with van der Waals surface area (Å²) in [4.78, 5) is 23.9. The lowest BCUT2D eigenvalue weighted by molar-refractivity contribution is -0.385. The van der Waals surface area contributed by atoms with Crippen molar-refractivity contribution in [3.63, 3.8) is 0 Å². The van der Waals surface area contributed by atoms with Crippen LogP contribution in [0.5, 0.6) is 5.75 Å². The Balaban J connectivity index is 1.92. The number of ether oxygens (including phenoxy) is 1. The molecular formula is C24H25N3O6S. The molecule has 178 valence electrons. The molecule has 0 radical (unpaired) electrons. The van der Waals surface area contributed by atoms with Crippen molar-refractivity contribution in [2.75, 3.05) is 12.4 Å². The van der Waals surface area contributed by atoms with Crippen molar-refractivity contribution in [3.8, 4) is 5.75 Å². The van der Waals surface area contributed by atoms with Crippen molar-refractivity contribution >= 4 is 27.3 Å². The molecule has 10 heteroatoms. The molecule has 0 aliphatic carbocycles. The number of nitro benzene ring substituents is 1. The molecule has 0 fully saturated rings. The standard InChI is InChI=1S/C24H25N3O6S/c1-16-14-19(12-13-23(16)33-3)34(31,32)26-21(15-18-8-5-4-6-9-18)24(28)25-20-10-7-11-22(17(20)2)27(29)30/h4-14,21,26H,15H2,1-3H3,(H,25,28). The predicted octanol–water partition coefficient (Wildman–Crippen LogP) is 3.75. The molecule has 1 atom stereocenters. The first-order valence-corrected chi connectivity index (χ1v) is 11.9. The zero-order valence-electron chi connectivity index (χ0n) is 18.9. The summed E-state index contributed by atoms with van der Waals surface area (Å²) in [5, 5.41) is 13.9. The molecule has 0 bridgehead atoms. The number of nitrogens with one attached hydrogen (secondary N) is 2. The third kappa shape index (κ3) is 5.77. The zero-order valence-corrected chi connectivity index (χ0v) is 19.8. The van der Waals surface area contributed by atoms with Crippen LogP contribution in [0.15, 0.2) is 71.6 Å². The number of methoxy groups -OCH3 is 1. The third-order valence-corrected chi connectivity index (χ3v) is 6.80. The van der Waals surface area contributed by atoms with Gasteiger partial charge in [0.05, 0.1) is 28.2 Å². The molecule has 3 aromatic rings. The minimum atomic E-state index is -4.07. The zero-order chi connectivity index (χ0) is 24.9. The first-order chi connectivity index (χ1) is 16.1. The van der Waals surface area contributed by atoms with Crippen LogP contribution in [0.3, 0.4) is 0 Å². The smallest absolute Gasteiger partial charge is 0.274 e. The predicted molar refractivity (Wildman–Crippen MR) is 128 cm³/mol. The molecule has 1 unspecified atom stereocenters. The maximum atomic E-state index is 13.2. The van der Waals surface area contributed by atoms with Crippen LogP contribution in [-0.4, -0.2) is 32.4 Å². The average Bonchev–Trinajstić information content (AvgIpc) is 2.80. The van der Waals surface area contributed by atoms with Crippen LogP contribution < -0.4 is 14.8 Å². The molecule has 0 spiro atoms. The van der Waals surface area contributed by atoms with Gasteiger partial charge in [0.25, 0.3) is 5.69 Å². The Kier molecular flexibility index (Phi) is 7.64. The summed E-state index contributed by atoms with van der Waals surface area (Å²) in [7, 11) is -2.58. The molecule has 0 saturated carbocycles. The molecule has 0 aliphatic heterocycles. The summed E-state index contributed by atoms with van der Waals surface area (Å²) in [5.41, 5.74) is 1.73. The summed E-state index contributed by atoms with van der Waals surface area (Å²) >= 11 is 0. The van der Waals surface area contributed by atoms with Gasteiger partial charge in [0.1, 0.15) is 11.8 Å². The van der Waals surface area contributed by atoms with Gasteiger partial charge in [-0.1, -0.05) is 36.4 Å². The highest BCUT2D eigenvalue weighted by atomic mass is 32.2. The second-order valence-corrected chi connectivity index (χ2v) is 9.41. The molecule has 34 heavy (non-hydrogen) atoms. The molecule has 0 heterocycles. The van der Waals surface area contributed by atoms with Gasteiger partial charge in [-0.3, -0.25) is 14.9 Å². The van der Waals surface area contributed by atoms with E-state index in [-0.39, 0.29) is 28.3 Å². The minimum absolute atomic E-state index is 0.0109. The van der Waals surface area contributed by atoms with Crippen LogP contribution >= 0.6 is 0 Å². The van der Waals surface area contributed by atoms with Gasteiger partial charge in [0.15, 0.2) is 0 Å². The Hall–Kier alpha value is -3.76. The van der Waals surface area contributed by atoms with E-state index in [1.165, 1.54) is 44.4 Å². The highest BCUT2D eigenvalue weighted by Crippen LogP contribution is 2.26. The lowest BCUT2D eigenvalue weighted by atomic mass is 10.1. The number of aryl methyl sites for hydroxylation is 1. The lowest BCUT2D eigenvalue weighted by Gasteiger charge is -2.20. The van der Waals surface area contributed by atoms with Crippen LogP contribution in [0.1, 0.15) is 16.7 Å². The van der Waals surface area contributed by atoms with E-state index >= 15 is 0 Å². The second kappa shape index (κ2) is 10.4. The number of hydrogen-bond donors (Lipinski definition) is 2. The molecule has 0 aromatic heterocycles. The fourth-order valence-corrected chi connectivity index (χ4v) is 4.77. The van der Waals surface area contributed by atoms with Crippen molar-refractivity contribution in [2.45, 2.75) is 31.2 Å². The van der Waals surface area contributed by atoms with Gasteiger partial charge in [-0.15, -0.1) is 0 Å². The Morgan fingerprint density at radius 2 is 1.76 bits per heavy atom. The first-order valence-electron chi connectivity index (χ1n) is 10.4. The quantitative estimate of drug-likeness (QED) is 0.352. The number of benzene rings is 3. The van der Waals surface area contributed by atoms with Crippen LogP contribution in [0.2, 0.25) is 0 Å². The van der Waals surface area contributed by atoms with Crippen molar-refractivity contribution < 1.29 is 22.9 Å². The lowest BCUT2D eigenvalue weighted by Crippen LogP contribution is -2.45. The molecule has 0 saturated heterocycles. The van der Waals surface area contributed by atoms with E-state index in [1.54, 1.807) is 37.3 Å². The Morgan fingerprint density at radius 3 is 2.38 bits per heavy atom. The second-order valence-electron chi connectivity index (χ2n) is 7.69. The van der Waals surface area contributed by atoms with Crippen molar-refractivity contribution in [1.29, 1.82) is 0 Å². The van der Waals surface area contributed by atoms with Crippen molar-refractivity contribution in [1.82, 2.24) is 4.72 Å². The van der Waals surface area contributed by atoms with Gasteiger partial charge >= 0.3 is 0 Å². The highest BCUT2D eigenvalue weighted by Gasteiger charge is 2.27. The molecule has 3 aromatic carbocycles. The molecule has 3 rings (SSSR count). The van der Waals surface area contributed by atoms with E-state index in [0.29, 0.717) is 11.3 Å². The Labute approximate surface area is 198 Å². The number of anilines is 1. The van der Waals surface area contributed by atoms with E-state index in [0.717, 1.165) is 5.56 Å². The van der Waals surface area contributed by atoms with Crippen LogP contribution in [-0.2, 0) is 21.2 Å². The normalized spacial score (nSPS) is 12.1. The van der Waals surface area contributed by atoms with E-state index in [4.69, 9.17) is 4.74 Å². The van der Waals surface area contributed by atoms with Gasteiger partial charge in [0, 0.05) is 6.07 Å². The van der Waals surface area contributed by atoms with Gasteiger partial charge < -0.3 is 10.1 Å². The maximum Gasteiger partial charge on any atom is 0.274 e. The number of amides is 1. The molecule has 9 nitrogen and oxygen atoms in total. The Morgan fingerprint density at radius 1 is 1.06 bits per heavy atom. The fraction of sp³-hybridized carbons (Fsp3) is 0.208. The van der Waals surface area contributed by atoms with E-state index in [1.807, 2.05) is 6.07 Å². The van der Waals surface area contributed by atoms with Gasteiger partial charge in [0.2, 0.25) is 15.9 Å². The van der Waals surface area contributed by atoms with E-state index in [2.05, 4.69) is 10.0 Å². The van der Waals surface area contributed by atoms with Crippen LogP contribution in [0.25, 0.3) is 0 Å². The maximum absolute atomic E-state index is 13.2. The number of hydrogen-bond acceptors (Lipinski definition) is 6. The summed E-state index contributed by atoms with van der Waals surface area (Å²) in [5.74, 6) is -0.0973. The number of carbonyl (C=O) groups excluding carboxylic acids is 1. The molecule has 1 amide bonds. The third-order valence-electron chi connectivity index (χ3n) is 5.33. The van der Waals surface area contributed by atoms with E-state index < -0.39 is 26.9 Å². The number of nitrogens with zero attached hydrogens (tertiary/aromatic N) is 1. The van der Waals surface area contributed by atoms with Crippen molar-refractivity contribution in [3.05, 3.63) is 93.5 Å². The van der Waals surface area contributed by atoms with E-state index in [9.17, 15) is 23.3 Å². The topological polar surface area (TPSA) is 128 Å². The van der Waals surface area contributed by atoms with Gasteiger partial charge in [-0.25, -0.2) is 8.42 Å². The number of carbonyl (C=O) groups is 1. The summed E-state index contributed by atoms with van der Waals surface area (Å²) in [6, 6.07) is 16.5. The summed E-state index contributed by atoms with van der Waals surface area (Å²) < 4.78 is 33.9. The number of nitro groups is 1. The van der Waals surface area contributed by atoms with Gasteiger partial charge in [-0.2, -0.15) is 4.72 Å². The SMILES string of the molecule is COc1ccc(S(=O)(=O)NC(Cc2ccccc2)C(=O)Nc2cccc([N+](=O)[O-])c2C)cc1C. The van der Waals surface area contributed by atoms with Crippen LogP contribution in [0.4, 0.5) is 11.4 Å². The number of sulfonamides is 1. The van der Waals surface area contributed by atoms with Crippen LogP contribution in [0, 0.1) is 24.0 Å². The first kappa shape index (κ1) is 24.9. The monoisotopic (exact) mass is 483 g/mol. The average molecular weight is 484 g/mol. The molecular weight excluding hydrogens is 458 g/mol.